The van der Waals surface area contributed by atoms with Crippen LogP contribution in [-0.4, -0.2) is 51.3 Å². The maximum Gasteiger partial charge on any atom is 0.356 e. The molecule has 0 spiro atoms. The van der Waals surface area contributed by atoms with Gasteiger partial charge in [0.2, 0.25) is 0 Å². The van der Waals surface area contributed by atoms with Gasteiger partial charge in [0.25, 0.3) is 0 Å². The predicted molar refractivity (Wildman–Crippen MR) is 96.2 cm³/mol. The molecule has 8 nitrogen and oxygen atoms in total. The molecule has 0 amide bonds. The first kappa shape index (κ1) is 22.7. The number of rotatable bonds is 12. The molecule has 0 saturated heterocycles. The van der Waals surface area contributed by atoms with Gasteiger partial charge < -0.3 is 23.3 Å². The Bertz CT molecular complexity index is 597. The van der Waals surface area contributed by atoms with Crippen LogP contribution >= 0.6 is 7.60 Å². The van der Waals surface area contributed by atoms with E-state index in [-0.39, 0.29) is 31.9 Å². The van der Waals surface area contributed by atoms with Crippen LogP contribution < -0.4 is 0 Å². The molecule has 0 bridgehead atoms. The lowest BCUT2D eigenvalue weighted by atomic mass is 10.2. The summed E-state index contributed by atoms with van der Waals surface area (Å²) < 4.78 is 39.8. The minimum absolute atomic E-state index is 0.125. The maximum atomic E-state index is 13.4. The first-order chi connectivity index (χ1) is 12.4. The van der Waals surface area contributed by atoms with Crippen molar-refractivity contribution in [3.05, 3.63) is 29.6 Å². The lowest BCUT2D eigenvalue weighted by Gasteiger charge is -2.28. The number of carbonyl (C=O) groups excluding carboxylic acids is 1. The van der Waals surface area contributed by atoms with Crippen molar-refractivity contribution >= 4 is 13.6 Å². The normalized spacial score (nSPS) is 13.0. The highest BCUT2D eigenvalue weighted by atomic mass is 31.2. The molecule has 26 heavy (non-hydrogen) atoms. The molecule has 0 radical (unpaired) electrons. The van der Waals surface area contributed by atoms with Crippen LogP contribution in [0, 0.1) is 0 Å². The number of aromatic nitrogens is 1. The van der Waals surface area contributed by atoms with Crippen LogP contribution in [0.25, 0.3) is 0 Å². The van der Waals surface area contributed by atoms with E-state index in [1.165, 1.54) is 20.3 Å². The number of carbonyl (C=O) groups is 1. The van der Waals surface area contributed by atoms with Crippen LogP contribution in [0.1, 0.15) is 49.0 Å². The van der Waals surface area contributed by atoms with Gasteiger partial charge in [0.05, 0.1) is 25.5 Å². The first-order valence-electron chi connectivity index (χ1n) is 8.54. The molecular formula is C17H28NO7P. The summed E-state index contributed by atoms with van der Waals surface area (Å²) in [5.41, 5.74) is -0.248. The van der Waals surface area contributed by atoms with Gasteiger partial charge in [-0.2, -0.15) is 0 Å². The van der Waals surface area contributed by atoms with E-state index in [1.54, 1.807) is 32.9 Å². The molecule has 1 atom stereocenters. The van der Waals surface area contributed by atoms with Crippen molar-refractivity contribution in [2.75, 3.05) is 34.0 Å². The van der Waals surface area contributed by atoms with Gasteiger partial charge in [0.1, 0.15) is 11.4 Å². The van der Waals surface area contributed by atoms with E-state index in [9.17, 15) is 9.36 Å². The Morgan fingerprint density at radius 3 is 2.19 bits per heavy atom. The van der Waals surface area contributed by atoms with Crippen molar-refractivity contribution in [2.45, 2.75) is 39.1 Å². The second-order valence-electron chi connectivity index (χ2n) is 5.20. The summed E-state index contributed by atoms with van der Waals surface area (Å²) in [6.45, 7) is 5.82. The third-order valence-corrected chi connectivity index (χ3v) is 6.01. The number of pyridine rings is 1. The first-order valence-corrected chi connectivity index (χ1v) is 10.1. The van der Waals surface area contributed by atoms with Gasteiger partial charge in [-0.3, -0.25) is 4.57 Å². The number of ether oxygens (including phenoxy) is 3. The highest BCUT2D eigenvalue weighted by molar-refractivity contribution is 7.54. The zero-order valence-electron chi connectivity index (χ0n) is 16.0. The van der Waals surface area contributed by atoms with Crippen molar-refractivity contribution < 1.29 is 32.6 Å². The molecule has 0 aliphatic rings. The maximum absolute atomic E-state index is 13.4. The summed E-state index contributed by atoms with van der Waals surface area (Å²) in [5, 5.41) is 0. The van der Waals surface area contributed by atoms with E-state index >= 15 is 0 Å². The Morgan fingerprint density at radius 2 is 1.69 bits per heavy atom. The summed E-state index contributed by atoms with van der Waals surface area (Å²) in [4.78, 5) is 16.3. The summed E-state index contributed by atoms with van der Waals surface area (Å²) in [6.07, 6.45) is -0.453. The van der Waals surface area contributed by atoms with Crippen LogP contribution in [0.2, 0.25) is 0 Å². The van der Waals surface area contributed by atoms with E-state index in [2.05, 4.69) is 4.98 Å². The topological polar surface area (TPSA) is 93.2 Å². The lowest BCUT2D eigenvalue weighted by molar-refractivity contribution is -0.107. The fourth-order valence-corrected chi connectivity index (χ4v) is 4.47. The molecule has 0 saturated carbocycles. The molecule has 0 N–H and O–H groups in total. The van der Waals surface area contributed by atoms with E-state index in [0.717, 1.165) is 0 Å². The van der Waals surface area contributed by atoms with E-state index in [1.807, 2.05) is 0 Å². The average Bonchev–Trinajstić information content (AvgIpc) is 2.63. The van der Waals surface area contributed by atoms with E-state index in [0.29, 0.717) is 5.69 Å². The van der Waals surface area contributed by atoms with Crippen LogP contribution in [0.3, 0.4) is 0 Å². The fraction of sp³-hybridized carbons (Fsp3) is 0.647. The molecular weight excluding hydrogens is 361 g/mol. The van der Waals surface area contributed by atoms with Crippen LogP contribution in [0.5, 0.6) is 0 Å². The number of methoxy groups -OCH3 is 2. The van der Waals surface area contributed by atoms with Crippen LogP contribution in [0.15, 0.2) is 18.2 Å². The number of hydrogen-bond acceptors (Lipinski definition) is 8. The Kier molecular flexibility index (Phi) is 9.98. The number of esters is 1. The molecule has 0 aromatic carbocycles. The Morgan fingerprint density at radius 1 is 1.08 bits per heavy atom. The Hall–Kier alpha value is -1.31. The number of nitrogens with zero attached hydrogens (tertiary/aromatic N) is 1. The molecule has 0 aliphatic heterocycles. The molecule has 1 heterocycles. The van der Waals surface area contributed by atoms with Crippen molar-refractivity contribution in [3.8, 4) is 0 Å². The van der Waals surface area contributed by atoms with Crippen LogP contribution in [-0.2, 0) is 27.8 Å². The zero-order chi connectivity index (χ0) is 19.6. The molecule has 0 aliphatic carbocycles. The quantitative estimate of drug-likeness (QED) is 0.304. The molecule has 0 fully saturated rings. The molecule has 1 unspecified atom stereocenters. The molecule has 148 valence electrons. The van der Waals surface area contributed by atoms with E-state index < -0.39 is 25.5 Å². The summed E-state index contributed by atoms with van der Waals surface area (Å²) in [5.74, 6) is -0.550. The summed E-state index contributed by atoms with van der Waals surface area (Å²) >= 11 is 0. The minimum atomic E-state index is -3.57. The van der Waals surface area contributed by atoms with Crippen molar-refractivity contribution in [1.82, 2.24) is 4.98 Å². The van der Waals surface area contributed by atoms with Crippen molar-refractivity contribution in [1.29, 1.82) is 0 Å². The predicted octanol–water partition coefficient (Wildman–Crippen LogP) is 3.57. The van der Waals surface area contributed by atoms with Crippen LogP contribution in [0.4, 0.5) is 0 Å². The van der Waals surface area contributed by atoms with Gasteiger partial charge in [0.15, 0.2) is 6.29 Å². The standard InChI is InChI=1S/C17H28NO7P/c1-6-23-17(19)14-11-9-10-13(18-14)15(12-16(21-4)22-5)26(20,24-7-2)25-8-3/h9-11,15-16H,6-8,12H2,1-5H3. The Balaban J connectivity index is 3.33. The molecule has 1 aromatic rings. The Labute approximate surface area is 154 Å². The fourth-order valence-electron chi connectivity index (χ4n) is 2.42. The smallest absolute Gasteiger partial charge is 0.356 e. The van der Waals surface area contributed by atoms with Gasteiger partial charge >= 0.3 is 13.6 Å². The third kappa shape index (κ3) is 6.14. The number of hydrogen-bond donors (Lipinski definition) is 0. The summed E-state index contributed by atoms with van der Waals surface area (Å²) in [7, 11) is -0.600. The van der Waals surface area contributed by atoms with E-state index in [4.69, 9.17) is 23.3 Å². The highest BCUT2D eigenvalue weighted by Crippen LogP contribution is 2.62. The largest absolute Gasteiger partial charge is 0.461 e. The highest BCUT2D eigenvalue weighted by Gasteiger charge is 2.40. The van der Waals surface area contributed by atoms with Crippen molar-refractivity contribution in [3.63, 3.8) is 0 Å². The monoisotopic (exact) mass is 389 g/mol. The average molecular weight is 389 g/mol. The van der Waals surface area contributed by atoms with Gasteiger partial charge in [-0.1, -0.05) is 6.07 Å². The zero-order valence-corrected chi connectivity index (χ0v) is 16.9. The molecule has 1 rings (SSSR count). The van der Waals surface area contributed by atoms with Gasteiger partial charge in [-0.15, -0.1) is 0 Å². The second-order valence-corrected chi connectivity index (χ2v) is 7.42. The van der Waals surface area contributed by atoms with Crippen molar-refractivity contribution in [2.24, 2.45) is 0 Å². The molecule has 9 heteroatoms. The van der Waals surface area contributed by atoms with Gasteiger partial charge in [-0.25, -0.2) is 9.78 Å². The van der Waals surface area contributed by atoms with Gasteiger partial charge in [0, 0.05) is 20.6 Å². The van der Waals surface area contributed by atoms with Gasteiger partial charge in [-0.05, 0) is 32.9 Å². The lowest BCUT2D eigenvalue weighted by Crippen LogP contribution is -2.20. The SMILES string of the molecule is CCOC(=O)c1cccc(C(CC(OC)OC)P(=O)(OCC)OCC)n1. The third-order valence-electron chi connectivity index (χ3n) is 3.54. The second kappa shape index (κ2) is 11.4. The molecule has 1 aromatic heterocycles. The summed E-state index contributed by atoms with van der Waals surface area (Å²) in [6, 6.07) is 4.86. The minimum Gasteiger partial charge on any atom is -0.461 e.